The molecule has 602 valence electrons. The Hall–Kier alpha value is -13.4. The summed E-state index contributed by atoms with van der Waals surface area (Å²) in [5, 5.41) is 6.54. The second-order valence-electron chi connectivity index (χ2n) is 38.5. The van der Waals surface area contributed by atoms with Crippen LogP contribution in [0, 0.1) is 91.8 Å². The lowest BCUT2D eigenvalue weighted by Crippen LogP contribution is -2.12. The van der Waals surface area contributed by atoms with Gasteiger partial charge in [0.05, 0.1) is 54.4 Å². The van der Waals surface area contributed by atoms with Gasteiger partial charge in [-0.3, -0.25) is 15.0 Å². The Morgan fingerprint density at radius 1 is 0.256 bits per heavy atom. The molecule has 0 fully saturated rings. The number of aromatic nitrogens is 6. The smallest absolute Gasteiger partial charge is 0.126 e. The molecular formula is C112H106N6O3. The molecule has 0 aliphatic heterocycles. The fraction of sp³-hybridized carbons (Fsp3) is 0.277. The third-order valence-electron chi connectivity index (χ3n) is 23.1. The zero-order valence-electron chi connectivity index (χ0n) is 74.5. The van der Waals surface area contributed by atoms with Gasteiger partial charge in [-0.1, -0.05) is 196 Å². The quantitative estimate of drug-likeness (QED) is 0.113. The topological polar surface area (TPSA) is 114 Å². The zero-order chi connectivity index (χ0) is 86.2. The minimum Gasteiger partial charge on any atom is -0.496 e. The fourth-order valence-corrected chi connectivity index (χ4v) is 16.2. The molecule has 0 unspecified atom stereocenters. The third kappa shape index (κ3) is 16.9. The van der Waals surface area contributed by atoms with Crippen LogP contribution >= 0.6 is 0 Å². The first kappa shape index (κ1) is 82.7. The Morgan fingerprint density at radius 2 is 0.455 bits per heavy atom. The molecule has 0 aliphatic rings. The molecule has 0 radical (unpaired) electrons. The highest BCUT2D eigenvalue weighted by molar-refractivity contribution is 6.14. The lowest BCUT2D eigenvalue weighted by atomic mass is 9.79. The van der Waals surface area contributed by atoms with Crippen LogP contribution in [0.3, 0.4) is 0 Å². The molecule has 9 aromatic carbocycles. The van der Waals surface area contributed by atoms with E-state index >= 15 is 0 Å². The van der Waals surface area contributed by atoms with Gasteiger partial charge in [0.15, 0.2) is 0 Å². The van der Waals surface area contributed by atoms with Crippen LogP contribution in [-0.4, -0.2) is 51.2 Å². The monoisotopic (exact) mass is 1580 g/mol. The summed E-state index contributed by atoms with van der Waals surface area (Å²) in [5.41, 5.74) is 26.9. The third-order valence-corrected chi connectivity index (χ3v) is 23.1. The number of aromatic amines is 3. The van der Waals surface area contributed by atoms with Crippen molar-refractivity contribution in [2.24, 2.45) is 0 Å². The van der Waals surface area contributed by atoms with Crippen LogP contribution in [0.25, 0.3) is 65.4 Å². The first-order chi connectivity index (χ1) is 57.3. The molecule has 6 aromatic heterocycles. The van der Waals surface area contributed by atoms with E-state index in [-0.39, 0.29) is 32.5 Å². The number of aryl methyl sites for hydroxylation is 3. The van der Waals surface area contributed by atoms with Crippen LogP contribution in [-0.2, 0) is 32.5 Å². The molecule has 0 aliphatic carbocycles. The van der Waals surface area contributed by atoms with Gasteiger partial charge in [0.1, 0.15) is 17.2 Å². The number of rotatable bonds is 6. The van der Waals surface area contributed by atoms with Crippen molar-refractivity contribution in [2.45, 2.75) is 184 Å². The average molecular weight is 1580 g/mol. The van der Waals surface area contributed by atoms with Crippen LogP contribution in [0.4, 0.5) is 0 Å². The fourth-order valence-electron chi connectivity index (χ4n) is 16.2. The Morgan fingerprint density at radius 3 is 0.628 bits per heavy atom. The zero-order valence-corrected chi connectivity index (χ0v) is 74.5. The van der Waals surface area contributed by atoms with E-state index in [1.165, 1.54) is 16.7 Å². The molecule has 0 saturated carbocycles. The lowest BCUT2D eigenvalue weighted by molar-refractivity contribution is 0.393. The number of benzene rings is 9. The van der Waals surface area contributed by atoms with Gasteiger partial charge in [-0.05, 0) is 249 Å². The van der Waals surface area contributed by atoms with E-state index in [0.717, 1.165) is 182 Å². The van der Waals surface area contributed by atoms with Gasteiger partial charge in [0.2, 0.25) is 0 Å². The Balaban J connectivity index is 0.966. The summed E-state index contributed by atoms with van der Waals surface area (Å²) in [6.07, 6.45) is 10.7. The number of hydrogen-bond acceptors (Lipinski definition) is 6. The number of H-pyrrole nitrogens is 3. The van der Waals surface area contributed by atoms with Gasteiger partial charge in [-0.15, -0.1) is 0 Å². The second-order valence-corrected chi connectivity index (χ2v) is 38.5. The maximum atomic E-state index is 6.75. The minimum atomic E-state index is -0.658. The molecule has 0 spiro atoms. The van der Waals surface area contributed by atoms with Crippen molar-refractivity contribution in [1.29, 1.82) is 0 Å². The molecule has 121 heavy (non-hydrogen) atoms. The van der Waals surface area contributed by atoms with Crippen molar-refractivity contribution in [1.82, 2.24) is 29.9 Å². The predicted molar refractivity (Wildman–Crippen MR) is 502 cm³/mol. The van der Waals surface area contributed by atoms with E-state index in [9.17, 15) is 0 Å². The SMILES string of the molecule is COc1c(C)cc(C#Cc2cc(C(C)(C)C)cc3c2[nH]c2c(C#Cc4cccnc4)cc(C(C)(C)C)cc23)cc1C(c1cc(C#Cc2cc(C(C)(C)C)cc3c2[nH]c2c(C#Cc4cccnc4)cc(C(C)(C)C)cc23)cc(C)c1OC)c1cc(C#Cc2cc(C(C)(C)C)cc3c2[nH]c2c(C#Cc4cccnc4)cc(C(C)(C)C)cc23)cc(C)c1OC. The predicted octanol–water partition coefficient (Wildman–Crippen LogP) is 25.1. The Kier molecular flexibility index (Phi) is 21.7. The van der Waals surface area contributed by atoms with Crippen molar-refractivity contribution in [3.8, 4) is 88.3 Å². The highest BCUT2D eigenvalue weighted by atomic mass is 16.5. The highest BCUT2D eigenvalue weighted by Crippen LogP contribution is 2.49. The van der Waals surface area contributed by atoms with E-state index in [0.29, 0.717) is 17.2 Å². The Bertz CT molecular complexity index is 6450. The molecule has 9 heteroatoms. The summed E-state index contributed by atoms with van der Waals surface area (Å²) in [4.78, 5) is 24.9. The molecule has 15 aromatic rings. The van der Waals surface area contributed by atoms with Crippen molar-refractivity contribution < 1.29 is 14.2 Å². The molecule has 0 atom stereocenters. The first-order valence-electron chi connectivity index (χ1n) is 41.6. The average Bonchev–Trinajstić information content (AvgIpc) is 1.52. The summed E-state index contributed by atoms with van der Waals surface area (Å²) >= 11 is 0. The van der Waals surface area contributed by atoms with Crippen LogP contribution in [0.15, 0.2) is 183 Å². The molecule has 15 rings (SSSR count). The van der Waals surface area contributed by atoms with Crippen molar-refractivity contribution >= 4 is 65.4 Å². The number of nitrogens with zero attached hydrogens (tertiary/aromatic N) is 3. The summed E-state index contributed by atoms with van der Waals surface area (Å²) < 4.78 is 20.3. The number of ether oxygens (including phenoxy) is 3. The number of nitrogens with one attached hydrogen (secondary N) is 3. The van der Waals surface area contributed by atoms with E-state index in [4.69, 9.17) is 14.2 Å². The molecule has 3 N–H and O–H groups in total. The summed E-state index contributed by atoms with van der Waals surface area (Å²) in [6.45, 7) is 46.9. The van der Waals surface area contributed by atoms with E-state index < -0.39 is 5.92 Å². The summed E-state index contributed by atoms with van der Waals surface area (Å²) in [6, 6.07) is 52.2. The standard InChI is InChI=1S/C112H106N6O3/c1-67-46-73(34-40-79-55-85(110(13,14)15)61-91-88-58-82(107(4,5)6)52-76(98(88)116-101(79)91)37-31-70-28-25-43-113-64-70)49-94(104(67)119-22)97(95-50-74(47-68(2)105(95)120-23)35-41-80-56-86(111(16,17)18)62-92-89-59-83(108(7,8)9)53-77(99(89)117-102(80)92)38-32-71-29-26-44-114-65-71)96-51-75(48-69(3)106(96)121-24)36-42-81-57-87(112(19,20)21)63-93-90-60-84(109(10,11)12)54-78(100(90)118-103(81)93)39-33-72-30-27-45-115-66-72/h25-30,43-66,97,116-118H,1-24H3. The molecule has 0 bridgehead atoms. The normalized spacial score (nSPS) is 12.0. The van der Waals surface area contributed by atoms with Gasteiger partial charge in [-0.25, -0.2) is 0 Å². The van der Waals surface area contributed by atoms with E-state index in [1.54, 1.807) is 58.5 Å². The first-order valence-corrected chi connectivity index (χ1v) is 41.6. The Labute approximate surface area is 714 Å². The second kappa shape index (κ2) is 31.7. The van der Waals surface area contributed by atoms with Gasteiger partial charge in [0, 0.05) is 159 Å². The molecule has 9 nitrogen and oxygen atoms in total. The summed E-state index contributed by atoms with van der Waals surface area (Å²) in [7, 11) is 5.25. The van der Waals surface area contributed by atoms with Crippen molar-refractivity contribution in [3.05, 3.63) is 316 Å². The largest absolute Gasteiger partial charge is 0.496 e. The number of pyridine rings is 3. The van der Waals surface area contributed by atoms with Crippen LogP contribution in [0.1, 0.15) is 264 Å². The number of fused-ring (bicyclic) bond motifs is 9. The number of hydrogen-bond donors (Lipinski definition) is 3. The van der Waals surface area contributed by atoms with E-state index in [1.807, 2.05) is 36.4 Å². The van der Waals surface area contributed by atoms with Gasteiger partial charge < -0.3 is 29.2 Å². The van der Waals surface area contributed by atoms with E-state index in [2.05, 4.69) is 356 Å². The summed E-state index contributed by atoms with van der Waals surface area (Å²) in [5.74, 6) is 45.1. The van der Waals surface area contributed by atoms with Gasteiger partial charge in [0.25, 0.3) is 0 Å². The molecule has 0 amide bonds. The minimum absolute atomic E-state index is 0.167. The van der Waals surface area contributed by atoms with Gasteiger partial charge in [-0.2, -0.15) is 0 Å². The van der Waals surface area contributed by atoms with Gasteiger partial charge >= 0.3 is 0 Å². The van der Waals surface area contributed by atoms with Crippen LogP contribution in [0.5, 0.6) is 17.2 Å². The van der Waals surface area contributed by atoms with Crippen molar-refractivity contribution in [3.63, 3.8) is 0 Å². The van der Waals surface area contributed by atoms with Crippen molar-refractivity contribution in [2.75, 3.05) is 21.3 Å². The lowest BCUT2D eigenvalue weighted by Gasteiger charge is -2.27. The molecular weight excluding hydrogens is 1480 g/mol. The molecule has 6 heterocycles. The van der Waals surface area contributed by atoms with Crippen LogP contribution < -0.4 is 14.2 Å². The maximum Gasteiger partial charge on any atom is 0.126 e. The van der Waals surface area contributed by atoms with Crippen LogP contribution in [0.2, 0.25) is 0 Å². The maximum absolute atomic E-state index is 6.75. The molecule has 0 saturated heterocycles. The highest BCUT2D eigenvalue weighted by Gasteiger charge is 2.33. The number of methoxy groups -OCH3 is 3.